The Kier molecular flexibility index (Phi) is 3.20. The van der Waals surface area contributed by atoms with Crippen LogP contribution in [0.15, 0.2) is 18.2 Å². The molecule has 1 aromatic carbocycles. The molecule has 1 heterocycles. The van der Waals surface area contributed by atoms with E-state index in [4.69, 9.17) is 15.9 Å². The zero-order valence-electron chi connectivity index (χ0n) is 9.67. The third kappa shape index (κ3) is 2.02. The second-order valence-electron chi connectivity index (χ2n) is 4.31. The van der Waals surface area contributed by atoms with Gasteiger partial charge in [-0.1, -0.05) is 6.07 Å². The van der Waals surface area contributed by atoms with Gasteiger partial charge in [0, 0.05) is 25.5 Å². The van der Waals surface area contributed by atoms with Gasteiger partial charge in [0.1, 0.15) is 0 Å². The van der Waals surface area contributed by atoms with Gasteiger partial charge < -0.3 is 20.8 Å². The molecule has 0 bridgehead atoms. The van der Waals surface area contributed by atoms with Crippen molar-refractivity contribution in [3.63, 3.8) is 0 Å². The lowest BCUT2D eigenvalue weighted by Crippen LogP contribution is -2.27. The third-order valence-electron chi connectivity index (χ3n) is 3.03. The first kappa shape index (κ1) is 12.4. The molecule has 0 spiro atoms. The molecule has 6 nitrogen and oxygen atoms in total. The lowest BCUT2D eigenvalue weighted by molar-refractivity contribution is -0.117. The first-order valence-electron chi connectivity index (χ1n) is 5.57. The van der Waals surface area contributed by atoms with Gasteiger partial charge in [-0.05, 0) is 12.1 Å². The summed E-state index contributed by atoms with van der Waals surface area (Å²) in [6.07, 6.45) is 0.212. The largest absolute Gasteiger partial charge is 0.478 e. The number of anilines is 2. The van der Waals surface area contributed by atoms with Crippen molar-refractivity contribution < 1.29 is 19.8 Å². The van der Waals surface area contributed by atoms with Gasteiger partial charge in [-0.2, -0.15) is 0 Å². The number of nitrogens with two attached hydrogens (primary N) is 1. The SMILES string of the molecule is Nc1cccc(C(=O)O)c1N1CC(CO)CC1=O. The van der Waals surface area contributed by atoms with Gasteiger partial charge in [-0.15, -0.1) is 0 Å². The van der Waals surface area contributed by atoms with E-state index in [1.807, 2.05) is 0 Å². The molecule has 1 aliphatic rings. The molecule has 1 aliphatic heterocycles. The number of benzene rings is 1. The maximum Gasteiger partial charge on any atom is 0.337 e. The number of carbonyl (C=O) groups is 2. The Bertz CT molecular complexity index is 501. The normalized spacial score (nSPS) is 19.3. The van der Waals surface area contributed by atoms with E-state index >= 15 is 0 Å². The van der Waals surface area contributed by atoms with E-state index < -0.39 is 5.97 Å². The standard InChI is InChI=1S/C12H14N2O4/c13-9-3-1-2-8(12(17)18)11(9)14-5-7(6-15)4-10(14)16/h1-3,7,15H,4-6,13H2,(H,17,18). The minimum Gasteiger partial charge on any atom is -0.478 e. The number of aromatic carboxylic acids is 1. The first-order valence-corrected chi connectivity index (χ1v) is 5.57. The van der Waals surface area contributed by atoms with Gasteiger partial charge in [0.15, 0.2) is 0 Å². The minimum absolute atomic E-state index is 0.00180. The summed E-state index contributed by atoms with van der Waals surface area (Å²) < 4.78 is 0. The number of carboxylic acids is 1. The number of nitrogens with zero attached hydrogens (tertiary/aromatic N) is 1. The van der Waals surface area contributed by atoms with E-state index in [2.05, 4.69) is 0 Å². The second kappa shape index (κ2) is 4.66. The van der Waals surface area contributed by atoms with Crippen molar-refractivity contribution in [3.05, 3.63) is 23.8 Å². The van der Waals surface area contributed by atoms with Crippen molar-refractivity contribution in [2.75, 3.05) is 23.8 Å². The number of carbonyl (C=O) groups excluding carboxylic acids is 1. The Hall–Kier alpha value is -2.08. The summed E-state index contributed by atoms with van der Waals surface area (Å²) in [6.45, 7) is 0.196. The van der Waals surface area contributed by atoms with Crippen LogP contribution in [-0.4, -0.2) is 35.2 Å². The predicted octanol–water partition coefficient (Wildman–Crippen LogP) is 0.312. The summed E-state index contributed by atoms with van der Waals surface area (Å²) in [5.74, 6) is -1.51. The number of amides is 1. The first-order chi connectivity index (χ1) is 8.54. The number of para-hydroxylation sites is 1. The summed E-state index contributed by atoms with van der Waals surface area (Å²) in [6, 6.07) is 4.50. The van der Waals surface area contributed by atoms with Gasteiger partial charge in [0.25, 0.3) is 0 Å². The van der Waals surface area contributed by atoms with Gasteiger partial charge in [0.05, 0.1) is 16.9 Å². The second-order valence-corrected chi connectivity index (χ2v) is 4.31. The number of aliphatic hydroxyl groups is 1. The Balaban J connectivity index is 2.45. The van der Waals surface area contributed by atoms with E-state index in [9.17, 15) is 9.59 Å². The summed E-state index contributed by atoms with van der Waals surface area (Å²) in [5.41, 5.74) is 6.25. The lowest BCUT2D eigenvalue weighted by atomic mass is 10.1. The van der Waals surface area contributed by atoms with Crippen LogP contribution >= 0.6 is 0 Å². The van der Waals surface area contributed by atoms with Crippen LogP contribution in [0, 0.1) is 5.92 Å². The highest BCUT2D eigenvalue weighted by atomic mass is 16.4. The Morgan fingerprint density at radius 1 is 1.50 bits per heavy atom. The fourth-order valence-electron chi connectivity index (χ4n) is 2.16. The average Bonchev–Trinajstić information content (AvgIpc) is 2.70. The Labute approximate surface area is 104 Å². The van der Waals surface area contributed by atoms with Gasteiger partial charge in [0.2, 0.25) is 5.91 Å². The zero-order valence-corrected chi connectivity index (χ0v) is 9.67. The van der Waals surface area contributed by atoms with E-state index in [0.717, 1.165) is 0 Å². The van der Waals surface area contributed by atoms with Gasteiger partial charge >= 0.3 is 5.97 Å². The Morgan fingerprint density at radius 2 is 2.22 bits per heavy atom. The topological polar surface area (TPSA) is 104 Å². The zero-order chi connectivity index (χ0) is 13.3. The van der Waals surface area contributed by atoms with Crippen molar-refractivity contribution in [1.82, 2.24) is 0 Å². The molecular formula is C12H14N2O4. The van der Waals surface area contributed by atoms with E-state index in [1.165, 1.54) is 17.0 Å². The number of hydrogen-bond donors (Lipinski definition) is 3. The molecule has 1 unspecified atom stereocenters. The maximum absolute atomic E-state index is 11.8. The molecule has 0 aliphatic carbocycles. The van der Waals surface area contributed by atoms with Crippen LogP contribution in [-0.2, 0) is 4.79 Å². The number of carboxylic acid groups (broad SMARTS) is 1. The van der Waals surface area contributed by atoms with Crippen LogP contribution in [0.2, 0.25) is 0 Å². The van der Waals surface area contributed by atoms with Gasteiger partial charge in [-0.25, -0.2) is 4.79 Å². The lowest BCUT2D eigenvalue weighted by Gasteiger charge is -2.20. The number of nitrogen functional groups attached to an aromatic ring is 1. The fraction of sp³-hybridized carbons (Fsp3) is 0.333. The molecule has 1 fully saturated rings. The van der Waals surface area contributed by atoms with Crippen LogP contribution in [0.25, 0.3) is 0 Å². The Morgan fingerprint density at radius 3 is 2.78 bits per heavy atom. The van der Waals surface area contributed by atoms with Crippen molar-refractivity contribution in [1.29, 1.82) is 0 Å². The molecule has 2 rings (SSSR count). The van der Waals surface area contributed by atoms with Crippen LogP contribution in [0.5, 0.6) is 0 Å². The molecule has 1 aromatic rings. The van der Waals surface area contributed by atoms with Crippen LogP contribution in [0.4, 0.5) is 11.4 Å². The summed E-state index contributed by atoms with van der Waals surface area (Å²) in [5, 5.41) is 18.2. The van der Waals surface area contributed by atoms with Crippen molar-refractivity contribution in [2.24, 2.45) is 5.92 Å². The minimum atomic E-state index is -1.13. The molecule has 96 valence electrons. The van der Waals surface area contributed by atoms with E-state index in [1.54, 1.807) is 6.07 Å². The molecule has 1 amide bonds. The average molecular weight is 250 g/mol. The summed E-state index contributed by atoms with van der Waals surface area (Å²) >= 11 is 0. The smallest absolute Gasteiger partial charge is 0.337 e. The van der Waals surface area contributed by atoms with Crippen LogP contribution < -0.4 is 10.6 Å². The van der Waals surface area contributed by atoms with E-state index in [0.29, 0.717) is 6.54 Å². The molecule has 0 saturated carbocycles. The molecule has 18 heavy (non-hydrogen) atoms. The van der Waals surface area contributed by atoms with Crippen molar-refractivity contribution in [2.45, 2.75) is 6.42 Å². The number of hydrogen-bond acceptors (Lipinski definition) is 4. The highest BCUT2D eigenvalue weighted by Crippen LogP contribution is 2.32. The predicted molar refractivity (Wildman–Crippen MR) is 65.4 cm³/mol. The number of rotatable bonds is 3. The van der Waals surface area contributed by atoms with Gasteiger partial charge in [-0.3, -0.25) is 4.79 Å². The monoisotopic (exact) mass is 250 g/mol. The molecule has 4 N–H and O–H groups in total. The molecular weight excluding hydrogens is 236 g/mol. The molecule has 0 aromatic heterocycles. The molecule has 1 atom stereocenters. The number of aliphatic hydroxyl groups excluding tert-OH is 1. The summed E-state index contributed by atoms with van der Waals surface area (Å²) in [7, 11) is 0. The highest BCUT2D eigenvalue weighted by molar-refractivity contribution is 6.06. The molecule has 6 heteroatoms. The van der Waals surface area contributed by atoms with Crippen molar-refractivity contribution >= 4 is 23.3 Å². The summed E-state index contributed by atoms with van der Waals surface area (Å²) in [4.78, 5) is 24.3. The van der Waals surface area contributed by atoms with E-state index in [-0.39, 0.29) is 41.8 Å². The highest BCUT2D eigenvalue weighted by Gasteiger charge is 2.33. The molecule has 1 saturated heterocycles. The fourth-order valence-corrected chi connectivity index (χ4v) is 2.16. The maximum atomic E-state index is 11.8. The quantitative estimate of drug-likeness (QED) is 0.670. The van der Waals surface area contributed by atoms with Crippen molar-refractivity contribution in [3.8, 4) is 0 Å². The van der Waals surface area contributed by atoms with Crippen LogP contribution in [0.3, 0.4) is 0 Å². The molecule has 0 radical (unpaired) electrons. The third-order valence-corrected chi connectivity index (χ3v) is 3.03. The van der Waals surface area contributed by atoms with Crippen LogP contribution in [0.1, 0.15) is 16.8 Å².